The van der Waals surface area contributed by atoms with E-state index in [-0.39, 0.29) is 29.8 Å². The summed E-state index contributed by atoms with van der Waals surface area (Å²) in [5, 5.41) is 9.25. The van der Waals surface area contributed by atoms with Crippen LogP contribution in [0.2, 0.25) is 0 Å². The van der Waals surface area contributed by atoms with Gasteiger partial charge in [0, 0.05) is 48.3 Å². The molecule has 1 aromatic rings. The van der Waals surface area contributed by atoms with Gasteiger partial charge in [0.1, 0.15) is 0 Å². The number of aromatic nitrogens is 1. The molecule has 0 aromatic carbocycles. The molecule has 0 radical (unpaired) electrons. The minimum absolute atomic E-state index is 0.0409. The predicted octanol–water partition coefficient (Wildman–Crippen LogP) is 1.89. The van der Waals surface area contributed by atoms with Gasteiger partial charge in [0.2, 0.25) is 5.91 Å². The lowest BCUT2D eigenvalue weighted by Gasteiger charge is -2.16. The second kappa shape index (κ2) is 9.73. The van der Waals surface area contributed by atoms with E-state index in [0.29, 0.717) is 36.6 Å². The summed E-state index contributed by atoms with van der Waals surface area (Å²) in [6.07, 6.45) is 7.62. The van der Waals surface area contributed by atoms with Gasteiger partial charge in [-0.25, -0.2) is 4.79 Å². The summed E-state index contributed by atoms with van der Waals surface area (Å²) >= 11 is 1.90. The van der Waals surface area contributed by atoms with Gasteiger partial charge in [-0.3, -0.25) is 14.6 Å². The predicted molar refractivity (Wildman–Crippen MR) is 105 cm³/mol. The number of rotatable bonds is 10. The lowest BCUT2D eigenvalue weighted by Crippen LogP contribution is -2.36. The minimum Gasteiger partial charge on any atom is -0.356 e. The molecule has 2 saturated heterocycles. The van der Waals surface area contributed by atoms with E-state index in [2.05, 4.69) is 20.9 Å². The number of Topliss-reactive ketones (excluding diaryl/α,β-unsaturated/α-hetero) is 1. The van der Waals surface area contributed by atoms with E-state index >= 15 is 0 Å². The van der Waals surface area contributed by atoms with Crippen molar-refractivity contribution >= 4 is 29.5 Å². The molecule has 2 aliphatic rings. The summed E-state index contributed by atoms with van der Waals surface area (Å²) in [6.45, 7) is 0.523. The van der Waals surface area contributed by atoms with Gasteiger partial charge in [0.05, 0.1) is 12.1 Å². The fraction of sp³-hybridized carbons (Fsp3) is 0.579. The Balaban J connectivity index is 1.22. The molecular formula is C19H26N4O3S. The van der Waals surface area contributed by atoms with Crippen molar-refractivity contribution < 1.29 is 14.4 Å². The monoisotopic (exact) mass is 390 g/mol. The van der Waals surface area contributed by atoms with Crippen LogP contribution in [0.15, 0.2) is 24.5 Å². The highest BCUT2D eigenvalue weighted by molar-refractivity contribution is 8.00. The van der Waals surface area contributed by atoms with E-state index in [1.54, 1.807) is 24.5 Å². The fourth-order valence-electron chi connectivity index (χ4n) is 3.52. The molecule has 0 aliphatic carbocycles. The lowest BCUT2D eigenvalue weighted by molar-refractivity contribution is -0.121. The lowest BCUT2D eigenvalue weighted by atomic mass is 10.0. The third-order valence-corrected chi connectivity index (χ3v) is 6.49. The maximum Gasteiger partial charge on any atom is 0.315 e. The number of thioether (sulfide) groups is 1. The van der Waals surface area contributed by atoms with E-state index in [4.69, 9.17) is 0 Å². The van der Waals surface area contributed by atoms with Gasteiger partial charge >= 0.3 is 6.03 Å². The summed E-state index contributed by atoms with van der Waals surface area (Å²) in [5.74, 6) is 1.08. The summed E-state index contributed by atoms with van der Waals surface area (Å²) in [4.78, 5) is 39.1. The maximum absolute atomic E-state index is 12.0. The molecule has 2 aliphatic heterocycles. The zero-order valence-electron chi connectivity index (χ0n) is 15.3. The molecule has 8 heteroatoms. The molecule has 7 nitrogen and oxygen atoms in total. The van der Waals surface area contributed by atoms with Crippen molar-refractivity contribution in [3.63, 3.8) is 0 Å². The standard InChI is InChI=1S/C19H26N4O3S/c24-15(13-7-10-20-11-8-13)4-3-9-21-17(25)6-2-1-5-16-18-14(12-27-16)22-19(26)23-18/h7-8,10-11,14,16,18H,1-6,9,12H2,(H,21,25)(H2,22,23,26). The quantitative estimate of drug-likeness (QED) is 0.322. The van der Waals surface area contributed by atoms with E-state index in [9.17, 15) is 14.4 Å². The smallest absolute Gasteiger partial charge is 0.315 e. The Labute approximate surface area is 163 Å². The number of fused-ring (bicyclic) bond motifs is 1. The first-order chi connectivity index (χ1) is 13.1. The molecule has 146 valence electrons. The largest absolute Gasteiger partial charge is 0.356 e. The Kier molecular flexibility index (Phi) is 7.09. The van der Waals surface area contributed by atoms with E-state index in [1.165, 1.54) is 0 Å². The highest BCUT2D eigenvalue weighted by Gasteiger charge is 2.42. The highest BCUT2D eigenvalue weighted by atomic mass is 32.2. The van der Waals surface area contributed by atoms with Crippen molar-refractivity contribution in [1.29, 1.82) is 0 Å². The summed E-state index contributed by atoms with van der Waals surface area (Å²) in [6, 6.07) is 3.84. The highest BCUT2D eigenvalue weighted by Crippen LogP contribution is 2.33. The number of nitrogens with one attached hydrogen (secondary N) is 3. The van der Waals surface area contributed by atoms with Crippen molar-refractivity contribution in [1.82, 2.24) is 20.9 Å². The third-order valence-electron chi connectivity index (χ3n) is 4.99. The minimum atomic E-state index is -0.0582. The van der Waals surface area contributed by atoms with Crippen molar-refractivity contribution in [2.24, 2.45) is 0 Å². The number of hydrogen-bond donors (Lipinski definition) is 3. The van der Waals surface area contributed by atoms with Crippen LogP contribution >= 0.6 is 11.8 Å². The first kappa shape index (κ1) is 19.7. The Bertz CT molecular complexity index is 670. The number of carbonyl (C=O) groups excluding carboxylic acids is 3. The molecule has 0 spiro atoms. The van der Waals surface area contributed by atoms with Gasteiger partial charge in [-0.2, -0.15) is 11.8 Å². The molecule has 27 heavy (non-hydrogen) atoms. The molecule has 1 aromatic heterocycles. The molecule has 3 N–H and O–H groups in total. The Hall–Kier alpha value is -2.09. The van der Waals surface area contributed by atoms with E-state index in [0.717, 1.165) is 25.0 Å². The van der Waals surface area contributed by atoms with Crippen molar-refractivity contribution in [2.45, 2.75) is 55.9 Å². The number of carbonyl (C=O) groups is 3. The molecule has 3 unspecified atom stereocenters. The van der Waals surface area contributed by atoms with Crippen LogP contribution in [0.4, 0.5) is 4.79 Å². The van der Waals surface area contributed by atoms with Crippen molar-refractivity contribution in [2.75, 3.05) is 12.3 Å². The molecule has 3 amide bonds. The van der Waals surface area contributed by atoms with Gasteiger partial charge < -0.3 is 16.0 Å². The Morgan fingerprint density at radius 2 is 1.96 bits per heavy atom. The fourth-order valence-corrected chi connectivity index (χ4v) is 5.06. The first-order valence-electron chi connectivity index (χ1n) is 9.52. The summed E-state index contributed by atoms with van der Waals surface area (Å²) in [5.41, 5.74) is 0.664. The van der Waals surface area contributed by atoms with E-state index in [1.807, 2.05) is 11.8 Å². The number of unbranched alkanes of at least 4 members (excludes halogenated alkanes) is 1. The maximum atomic E-state index is 12.0. The Morgan fingerprint density at radius 1 is 1.15 bits per heavy atom. The average molecular weight is 391 g/mol. The topological polar surface area (TPSA) is 100 Å². The number of ketones is 1. The number of amides is 3. The van der Waals surface area contributed by atoms with Crippen LogP contribution in [0.25, 0.3) is 0 Å². The second-order valence-corrected chi connectivity index (χ2v) is 8.25. The first-order valence-corrected chi connectivity index (χ1v) is 10.6. The number of urea groups is 1. The van der Waals surface area contributed by atoms with Gasteiger partial charge in [-0.15, -0.1) is 0 Å². The van der Waals surface area contributed by atoms with Gasteiger partial charge in [0.15, 0.2) is 5.78 Å². The number of nitrogens with zero attached hydrogens (tertiary/aromatic N) is 1. The SMILES string of the molecule is O=C(CCCCC1SCC2NC(=O)NC21)NCCCC(=O)c1ccncc1. The summed E-state index contributed by atoms with van der Waals surface area (Å²) < 4.78 is 0. The van der Waals surface area contributed by atoms with Crippen molar-refractivity contribution in [3.05, 3.63) is 30.1 Å². The second-order valence-electron chi connectivity index (χ2n) is 6.98. The van der Waals surface area contributed by atoms with Gasteiger partial charge in [0.25, 0.3) is 0 Å². The molecule has 3 heterocycles. The van der Waals surface area contributed by atoms with Crippen LogP contribution in [-0.2, 0) is 4.79 Å². The van der Waals surface area contributed by atoms with Crippen LogP contribution in [0.1, 0.15) is 48.9 Å². The number of pyridine rings is 1. The zero-order valence-corrected chi connectivity index (χ0v) is 16.1. The van der Waals surface area contributed by atoms with Crippen LogP contribution in [-0.4, -0.2) is 52.3 Å². The molecule has 0 saturated carbocycles. The van der Waals surface area contributed by atoms with Crippen LogP contribution < -0.4 is 16.0 Å². The zero-order chi connectivity index (χ0) is 19.1. The van der Waals surface area contributed by atoms with Gasteiger partial charge in [-0.05, 0) is 31.4 Å². The van der Waals surface area contributed by atoms with Crippen LogP contribution in [0.5, 0.6) is 0 Å². The third kappa shape index (κ3) is 5.69. The molecule has 3 rings (SSSR count). The molecule has 3 atom stereocenters. The molecule has 2 fully saturated rings. The Morgan fingerprint density at radius 3 is 2.78 bits per heavy atom. The normalized spacial score (nSPS) is 23.4. The van der Waals surface area contributed by atoms with Crippen LogP contribution in [0, 0.1) is 0 Å². The summed E-state index contributed by atoms with van der Waals surface area (Å²) in [7, 11) is 0. The van der Waals surface area contributed by atoms with Crippen LogP contribution in [0.3, 0.4) is 0 Å². The van der Waals surface area contributed by atoms with Crippen molar-refractivity contribution in [3.8, 4) is 0 Å². The molecule has 0 bridgehead atoms. The average Bonchev–Trinajstić information content (AvgIpc) is 3.22. The van der Waals surface area contributed by atoms with Gasteiger partial charge in [-0.1, -0.05) is 6.42 Å². The number of hydrogen-bond acceptors (Lipinski definition) is 5. The molecular weight excluding hydrogens is 364 g/mol. The van der Waals surface area contributed by atoms with E-state index < -0.39 is 0 Å².